The molecule has 1 saturated heterocycles. The Bertz CT molecular complexity index is 399. The molecule has 1 aromatic carbocycles. The fraction of sp³-hybridized carbons (Fsp3) is 0.562. The van der Waals surface area contributed by atoms with Crippen LogP contribution in [-0.4, -0.2) is 55.0 Å². The third kappa shape index (κ3) is 4.62. The van der Waals surface area contributed by atoms with Gasteiger partial charge in [0, 0.05) is 26.2 Å². The van der Waals surface area contributed by atoms with Gasteiger partial charge in [0.15, 0.2) is 0 Å². The van der Waals surface area contributed by atoms with Crippen molar-refractivity contribution in [3.8, 4) is 0 Å². The molecule has 0 bridgehead atoms. The number of nitrogens with zero attached hydrogens (tertiary/aromatic N) is 2. The molecule has 0 aliphatic carbocycles. The lowest BCUT2D eigenvalue weighted by Crippen LogP contribution is -2.41. The van der Waals surface area contributed by atoms with Crippen molar-refractivity contribution in [2.24, 2.45) is 0 Å². The van der Waals surface area contributed by atoms with Gasteiger partial charge in [-0.1, -0.05) is 30.3 Å². The molecule has 4 heteroatoms. The van der Waals surface area contributed by atoms with E-state index in [9.17, 15) is 4.79 Å². The van der Waals surface area contributed by atoms with E-state index in [2.05, 4.69) is 22.3 Å². The maximum atomic E-state index is 12.4. The third-order valence-electron chi connectivity index (χ3n) is 3.74. The van der Waals surface area contributed by atoms with Gasteiger partial charge < -0.3 is 10.2 Å². The average Bonchev–Trinajstić information content (AvgIpc) is 2.74. The molecule has 4 nitrogen and oxygen atoms in total. The Kier molecular flexibility index (Phi) is 6.02. The summed E-state index contributed by atoms with van der Waals surface area (Å²) in [5.74, 6) is 0.234. The monoisotopic (exact) mass is 275 g/mol. The second kappa shape index (κ2) is 8.02. The van der Waals surface area contributed by atoms with E-state index >= 15 is 0 Å². The van der Waals surface area contributed by atoms with Crippen molar-refractivity contribution in [1.29, 1.82) is 0 Å². The van der Waals surface area contributed by atoms with Crippen LogP contribution in [0.25, 0.3) is 0 Å². The van der Waals surface area contributed by atoms with Gasteiger partial charge in [0.1, 0.15) is 0 Å². The minimum atomic E-state index is 0.234. The fourth-order valence-electron chi connectivity index (χ4n) is 2.53. The Morgan fingerprint density at radius 2 is 2.05 bits per heavy atom. The average molecular weight is 275 g/mol. The summed E-state index contributed by atoms with van der Waals surface area (Å²) in [4.78, 5) is 16.6. The second-order valence-corrected chi connectivity index (χ2v) is 5.27. The highest BCUT2D eigenvalue weighted by Crippen LogP contribution is 2.06. The fourth-order valence-corrected chi connectivity index (χ4v) is 2.53. The first-order valence-corrected chi connectivity index (χ1v) is 7.54. The molecule has 1 amide bonds. The summed E-state index contributed by atoms with van der Waals surface area (Å²) in [6.45, 7) is 8.09. The number of carbonyl (C=O) groups is 1. The van der Waals surface area contributed by atoms with E-state index in [4.69, 9.17) is 0 Å². The lowest BCUT2D eigenvalue weighted by atomic mass is 10.2. The molecule has 1 aliphatic rings. The molecular weight excluding hydrogens is 250 g/mol. The molecule has 1 aromatic rings. The molecule has 2 rings (SSSR count). The van der Waals surface area contributed by atoms with E-state index in [0.29, 0.717) is 13.1 Å². The largest absolute Gasteiger partial charge is 0.338 e. The van der Waals surface area contributed by atoms with Crippen LogP contribution in [-0.2, 0) is 11.3 Å². The first-order chi connectivity index (χ1) is 9.79. The van der Waals surface area contributed by atoms with Crippen LogP contribution in [0.2, 0.25) is 0 Å². The number of nitrogens with one attached hydrogen (secondary N) is 1. The van der Waals surface area contributed by atoms with Gasteiger partial charge in [0.25, 0.3) is 0 Å². The first-order valence-electron chi connectivity index (χ1n) is 7.54. The van der Waals surface area contributed by atoms with Crippen LogP contribution in [0.15, 0.2) is 30.3 Å². The molecule has 0 unspecified atom stereocenters. The van der Waals surface area contributed by atoms with Crippen LogP contribution < -0.4 is 5.32 Å². The smallest absolute Gasteiger partial charge is 0.237 e. The Morgan fingerprint density at radius 1 is 1.25 bits per heavy atom. The number of hydrogen-bond acceptors (Lipinski definition) is 3. The molecule has 1 heterocycles. The van der Waals surface area contributed by atoms with Crippen molar-refractivity contribution in [3.05, 3.63) is 35.9 Å². The molecule has 1 aliphatic heterocycles. The predicted octanol–water partition coefficient (Wildman–Crippen LogP) is 1.33. The zero-order chi connectivity index (χ0) is 14.2. The van der Waals surface area contributed by atoms with Gasteiger partial charge in [-0.15, -0.1) is 0 Å². The van der Waals surface area contributed by atoms with Crippen molar-refractivity contribution in [2.45, 2.75) is 19.9 Å². The maximum absolute atomic E-state index is 12.4. The number of likely N-dealkylation sites (N-methyl/N-ethyl adjacent to an activating group) is 1. The van der Waals surface area contributed by atoms with Crippen molar-refractivity contribution in [2.75, 3.05) is 39.3 Å². The molecule has 20 heavy (non-hydrogen) atoms. The van der Waals surface area contributed by atoms with E-state index in [0.717, 1.165) is 39.1 Å². The molecule has 1 fully saturated rings. The lowest BCUT2D eigenvalue weighted by Gasteiger charge is -2.25. The van der Waals surface area contributed by atoms with Crippen molar-refractivity contribution in [3.63, 3.8) is 0 Å². The van der Waals surface area contributed by atoms with Crippen LogP contribution in [0.3, 0.4) is 0 Å². The van der Waals surface area contributed by atoms with Crippen molar-refractivity contribution < 1.29 is 4.79 Å². The summed E-state index contributed by atoms with van der Waals surface area (Å²) in [7, 11) is 0. The summed E-state index contributed by atoms with van der Waals surface area (Å²) in [5.41, 5.74) is 1.19. The highest BCUT2D eigenvalue weighted by atomic mass is 16.2. The number of rotatable bonds is 5. The van der Waals surface area contributed by atoms with Crippen LogP contribution in [0, 0.1) is 0 Å². The second-order valence-electron chi connectivity index (χ2n) is 5.27. The van der Waals surface area contributed by atoms with E-state index in [1.165, 1.54) is 5.56 Å². The van der Waals surface area contributed by atoms with Gasteiger partial charge in [0.05, 0.1) is 6.54 Å². The van der Waals surface area contributed by atoms with E-state index in [-0.39, 0.29) is 5.91 Å². The molecule has 110 valence electrons. The molecule has 0 saturated carbocycles. The van der Waals surface area contributed by atoms with E-state index in [1.807, 2.05) is 30.0 Å². The van der Waals surface area contributed by atoms with Crippen LogP contribution in [0.5, 0.6) is 0 Å². The standard InChI is InChI=1S/C16H25N3O/c1-2-19(13-15-7-4-3-5-8-15)16(20)14-18-11-6-9-17-10-12-18/h3-5,7-8,17H,2,6,9-14H2,1H3. The van der Waals surface area contributed by atoms with Gasteiger partial charge in [0.2, 0.25) is 5.91 Å². The summed E-state index contributed by atoms with van der Waals surface area (Å²) >= 11 is 0. The maximum Gasteiger partial charge on any atom is 0.237 e. The van der Waals surface area contributed by atoms with E-state index in [1.54, 1.807) is 0 Å². The molecular formula is C16H25N3O. The molecule has 0 spiro atoms. The zero-order valence-electron chi connectivity index (χ0n) is 12.3. The van der Waals surface area contributed by atoms with Gasteiger partial charge in [-0.05, 0) is 32.0 Å². The normalized spacial score (nSPS) is 16.6. The topological polar surface area (TPSA) is 35.6 Å². The first kappa shape index (κ1) is 15.0. The van der Waals surface area contributed by atoms with Gasteiger partial charge in [-0.3, -0.25) is 9.69 Å². The molecule has 0 aromatic heterocycles. The SMILES string of the molecule is CCN(Cc1ccccc1)C(=O)CN1CCCNCC1. The molecule has 0 atom stereocenters. The van der Waals surface area contributed by atoms with E-state index < -0.39 is 0 Å². The van der Waals surface area contributed by atoms with Crippen molar-refractivity contribution in [1.82, 2.24) is 15.1 Å². The van der Waals surface area contributed by atoms with Crippen molar-refractivity contribution >= 4 is 5.91 Å². The Hall–Kier alpha value is -1.39. The predicted molar refractivity (Wildman–Crippen MR) is 81.5 cm³/mol. The third-order valence-corrected chi connectivity index (χ3v) is 3.74. The minimum absolute atomic E-state index is 0.234. The zero-order valence-corrected chi connectivity index (χ0v) is 12.3. The molecule has 0 radical (unpaired) electrons. The summed E-state index contributed by atoms with van der Waals surface area (Å²) in [6.07, 6.45) is 1.12. The molecule has 1 N–H and O–H groups in total. The van der Waals surface area contributed by atoms with Gasteiger partial charge in [-0.25, -0.2) is 0 Å². The Labute approximate surface area is 121 Å². The lowest BCUT2D eigenvalue weighted by molar-refractivity contribution is -0.132. The van der Waals surface area contributed by atoms with Crippen LogP contribution >= 0.6 is 0 Å². The Morgan fingerprint density at radius 3 is 2.80 bits per heavy atom. The van der Waals surface area contributed by atoms with Gasteiger partial charge in [-0.2, -0.15) is 0 Å². The highest BCUT2D eigenvalue weighted by Gasteiger charge is 2.17. The number of benzene rings is 1. The number of hydrogen-bond donors (Lipinski definition) is 1. The Balaban J connectivity index is 1.88. The van der Waals surface area contributed by atoms with Gasteiger partial charge >= 0.3 is 0 Å². The van der Waals surface area contributed by atoms with Crippen LogP contribution in [0.1, 0.15) is 18.9 Å². The minimum Gasteiger partial charge on any atom is -0.338 e. The highest BCUT2D eigenvalue weighted by molar-refractivity contribution is 5.78. The van der Waals surface area contributed by atoms with Crippen LogP contribution in [0.4, 0.5) is 0 Å². The number of amides is 1. The summed E-state index contributed by atoms with van der Waals surface area (Å²) in [6, 6.07) is 10.2. The quantitative estimate of drug-likeness (QED) is 0.880. The summed E-state index contributed by atoms with van der Waals surface area (Å²) < 4.78 is 0. The summed E-state index contributed by atoms with van der Waals surface area (Å²) in [5, 5.41) is 3.37. The number of carbonyl (C=O) groups excluding carboxylic acids is 1.